The molecule has 0 aromatic heterocycles. The summed E-state index contributed by atoms with van der Waals surface area (Å²) in [5.41, 5.74) is 0.418. The molecule has 21 heavy (non-hydrogen) atoms. The maximum atomic E-state index is 13.6. The zero-order valence-electron chi connectivity index (χ0n) is 12.4. The van der Waals surface area contributed by atoms with E-state index >= 15 is 0 Å². The first kappa shape index (κ1) is 16.0. The lowest BCUT2D eigenvalue weighted by Gasteiger charge is -2.30. The van der Waals surface area contributed by atoms with Crippen LogP contribution in [-0.2, 0) is 11.2 Å². The van der Waals surface area contributed by atoms with Crippen molar-refractivity contribution in [2.45, 2.75) is 51.0 Å². The molecule has 1 aromatic carbocycles. The lowest BCUT2D eigenvalue weighted by molar-refractivity contribution is -0.121. The minimum Gasteiger partial charge on any atom is -0.396 e. The van der Waals surface area contributed by atoms with Crippen molar-refractivity contribution in [1.82, 2.24) is 5.32 Å². The third kappa shape index (κ3) is 4.81. The Morgan fingerprint density at radius 3 is 2.67 bits per heavy atom. The average Bonchev–Trinajstić information content (AvgIpc) is 2.50. The molecule has 3 nitrogen and oxygen atoms in total. The molecule has 1 saturated carbocycles. The van der Waals surface area contributed by atoms with E-state index in [1.54, 1.807) is 18.2 Å². The first-order valence-corrected chi connectivity index (χ1v) is 7.84. The number of aliphatic hydroxyl groups is 1. The average molecular weight is 293 g/mol. The van der Waals surface area contributed by atoms with Crippen LogP contribution in [0.5, 0.6) is 0 Å². The van der Waals surface area contributed by atoms with Gasteiger partial charge < -0.3 is 10.4 Å². The van der Waals surface area contributed by atoms with E-state index in [-0.39, 0.29) is 30.8 Å². The van der Waals surface area contributed by atoms with Gasteiger partial charge in [-0.3, -0.25) is 4.79 Å². The predicted molar refractivity (Wildman–Crippen MR) is 80.3 cm³/mol. The van der Waals surface area contributed by atoms with E-state index in [0.29, 0.717) is 17.9 Å². The number of hydrogen-bond acceptors (Lipinski definition) is 2. The van der Waals surface area contributed by atoms with Gasteiger partial charge in [0.25, 0.3) is 0 Å². The highest BCUT2D eigenvalue weighted by Gasteiger charge is 2.24. The molecule has 2 rings (SSSR count). The molecule has 2 N–H and O–H groups in total. The topological polar surface area (TPSA) is 49.3 Å². The Labute approximate surface area is 125 Å². The van der Waals surface area contributed by atoms with Crippen LogP contribution in [0.4, 0.5) is 4.39 Å². The Balaban J connectivity index is 1.93. The lowest BCUT2D eigenvalue weighted by atomic mass is 9.82. The lowest BCUT2D eigenvalue weighted by Crippen LogP contribution is -2.42. The van der Waals surface area contributed by atoms with Gasteiger partial charge in [-0.05, 0) is 36.8 Å². The Bertz CT molecular complexity index is 458. The number of nitrogens with one attached hydrogen (secondary N) is 1. The highest BCUT2D eigenvalue weighted by Crippen LogP contribution is 2.27. The number of benzene rings is 1. The molecule has 0 saturated heterocycles. The molecule has 0 aliphatic heterocycles. The quantitative estimate of drug-likeness (QED) is 0.847. The van der Waals surface area contributed by atoms with Gasteiger partial charge in [0.1, 0.15) is 5.82 Å². The summed E-state index contributed by atoms with van der Waals surface area (Å²) in [5, 5.41) is 12.2. The van der Waals surface area contributed by atoms with Gasteiger partial charge in [-0.15, -0.1) is 0 Å². The number of aliphatic hydroxyl groups excluding tert-OH is 1. The number of hydrogen-bond donors (Lipinski definition) is 2. The van der Waals surface area contributed by atoms with Crippen molar-refractivity contribution >= 4 is 5.91 Å². The van der Waals surface area contributed by atoms with Crippen molar-refractivity contribution in [3.05, 3.63) is 35.6 Å². The molecule has 1 amide bonds. The molecule has 0 radical (unpaired) electrons. The van der Waals surface area contributed by atoms with Crippen molar-refractivity contribution in [2.24, 2.45) is 5.92 Å². The summed E-state index contributed by atoms with van der Waals surface area (Å²) in [6.45, 7) is 0.0706. The second-order valence-electron chi connectivity index (χ2n) is 5.85. The Kier molecular flexibility index (Phi) is 6.18. The summed E-state index contributed by atoms with van der Waals surface area (Å²) in [5.74, 6) is -0.0661. The molecule has 1 aromatic rings. The van der Waals surface area contributed by atoms with Crippen LogP contribution in [0.2, 0.25) is 0 Å². The molecule has 1 atom stereocenters. The van der Waals surface area contributed by atoms with Crippen LogP contribution in [0.25, 0.3) is 0 Å². The van der Waals surface area contributed by atoms with E-state index in [1.165, 1.54) is 25.3 Å². The molecule has 1 fully saturated rings. The fourth-order valence-electron chi connectivity index (χ4n) is 3.17. The first-order valence-electron chi connectivity index (χ1n) is 7.84. The smallest absolute Gasteiger partial charge is 0.224 e. The van der Waals surface area contributed by atoms with E-state index in [2.05, 4.69) is 5.32 Å². The molecule has 116 valence electrons. The summed E-state index contributed by atoms with van der Waals surface area (Å²) in [4.78, 5) is 12.1. The summed E-state index contributed by atoms with van der Waals surface area (Å²) in [7, 11) is 0. The van der Waals surface area contributed by atoms with Crippen molar-refractivity contribution in [3.63, 3.8) is 0 Å². The zero-order chi connectivity index (χ0) is 15.1. The maximum Gasteiger partial charge on any atom is 0.224 e. The van der Waals surface area contributed by atoms with Crippen LogP contribution in [0, 0.1) is 11.7 Å². The van der Waals surface area contributed by atoms with Crippen LogP contribution >= 0.6 is 0 Å². The number of carbonyl (C=O) groups excluding carboxylic acids is 1. The van der Waals surface area contributed by atoms with Crippen molar-refractivity contribution in [3.8, 4) is 0 Å². The van der Waals surface area contributed by atoms with Gasteiger partial charge in [0.05, 0.1) is 6.42 Å². The second-order valence-corrected chi connectivity index (χ2v) is 5.85. The van der Waals surface area contributed by atoms with Crippen molar-refractivity contribution in [1.29, 1.82) is 0 Å². The van der Waals surface area contributed by atoms with Crippen LogP contribution in [-0.4, -0.2) is 23.7 Å². The van der Waals surface area contributed by atoms with E-state index in [4.69, 9.17) is 0 Å². The number of halogens is 1. The van der Waals surface area contributed by atoms with Crippen molar-refractivity contribution in [2.75, 3.05) is 6.61 Å². The molecule has 1 aliphatic rings. The first-order chi connectivity index (χ1) is 10.2. The molecule has 1 aliphatic carbocycles. The highest BCUT2D eigenvalue weighted by atomic mass is 19.1. The van der Waals surface area contributed by atoms with Crippen molar-refractivity contribution < 1.29 is 14.3 Å². The maximum absolute atomic E-state index is 13.6. The Hall–Kier alpha value is -1.42. The molecule has 0 spiro atoms. The summed E-state index contributed by atoms with van der Waals surface area (Å²) in [6, 6.07) is 6.37. The second kappa shape index (κ2) is 8.13. The Morgan fingerprint density at radius 2 is 2.00 bits per heavy atom. The van der Waals surface area contributed by atoms with E-state index in [1.807, 2.05) is 0 Å². The van der Waals surface area contributed by atoms with Gasteiger partial charge in [-0.2, -0.15) is 0 Å². The number of amides is 1. The predicted octanol–water partition coefficient (Wildman–Crippen LogP) is 2.82. The zero-order valence-corrected chi connectivity index (χ0v) is 12.4. The third-order valence-electron chi connectivity index (χ3n) is 4.31. The summed E-state index contributed by atoms with van der Waals surface area (Å²) < 4.78 is 13.6. The Morgan fingerprint density at radius 1 is 1.29 bits per heavy atom. The van der Waals surface area contributed by atoms with Gasteiger partial charge >= 0.3 is 0 Å². The highest BCUT2D eigenvalue weighted by molar-refractivity contribution is 5.78. The minimum absolute atomic E-state index is 0.00886. The normalized spacial score (nSPS) is 17.4. The van der Waals surface area contributed by atoms with E-state index in [0.717, 1.165) is 12.8 Å². The molecule has 4 heteroatoms. The molecular formula is C17H24FNO2. The van der Waals surface area contributed by atoms with Crippen LogP contribution in [0.3, 0.4) is 0 Å². The van der Waals surface area contributed by atoms with Gasteiger partial charge in [0, 0.05) is 12.6 Å². The molecule has 0 heterocycles. The SMILES string of the molecule is O=C(Cc1ccccc1F)NC(CCO)C1CCCCC1. The summed E-state index contributed by atoms with van der Waals surface area (Å²) in [6.07, 6.45) is 6.47. The minimum atomic E-state index is -0.343. The number of rotatable bonds is 6. The molecule has 1 unspecified atom stereocenters. The fraction of sp³-hybridized carbons (Fsp3) is 0.588. The van der Waals surface area contributed by atoms with Crippen LogP contribution in [0.15, 0.2) is 24.3 Å². The third-order valence-corrected chi connectivity index (χ3v) is 4.31. The largest absolute Gasteiger partial charge is 0.396 e. The standard InChI is InChI=1S/C17H24FNO2/c18-15-9-5-4-8-14(15)12-17(21)19-16(10-11-20)13-6-2-1-3-7-13/h4-5,8-9,13,16,20H,1-3,6-7,10-12H2,(H,19,21). The van der Waals surface area contributed by atoms with Gasteiger partial charge in [0.15, 0.2) is 0 Å². The van der Waals surface area contributed by atoms with Crippen LogP contribution in [0.1, 0.15) is 44.1 Å². The van der Waals surface area contributed by atoms with Gasteiger partial charge in [-0.1, -0.05) is 37.5 Å². The fourth-order valence-corrected chi connectivity index (χ4v) is 3.17. The molecular weight excluding hydrogens is 269 g/mol. The monoisotopic (exact) mass is 293 g/mol. The van der Waals surface area contributed by atoms with E-state index in [9.17, 15) is 14.3 Å². The molecule has 0 bridgehead atoms. The summed E-state index contributed by atoms with van der Waals surface area (Å²) >= 11 is 0. The van der Waals surface area contributed by atoms with E-state index < -0.39 is 0 Å². The van der Waals surface area contributed by atoms with Gasteiger partial charge in [-0.25, -0.2) is 4.39 Å². The number of carbonyl (C=O) groups is 1. The van der Waals surface area contributed by atoms with Crippen LogP contribution < -0.4 is 5.32 Å². The van der Waals surface area contributed by atoms with Gasteiger partial charge in [0.2, 0.25) is 5.91 Å².